The van der Waals surface area contributed by atoms with E-state index in [1.54, 1.807) is 0 Å². The minimum Gasteiger partial charge on any atom is -0.371 e. The second kappa shape index (κ2) is 7.44. The van der Waals surface area contributed by atoms with Crippen molar-refractivity contribution in [1.29, 1.82) is 0 Å². The number of nitrogens with two attached hydrogens (primary N) is 1. The van der Waals surface area contributed by atoms with Crippen molar-refractivity contribution in [3.05, 3.63) is 22.8 Å². The molecular weight excluding hydrogens is 226 g/mol. The molecule has 0 aliphatic carbocycles. The average molecular weight is 251 g/mol. The van der Waals surface area contributed by atoms with Gasteiger partial charge in [0.2, 0.25) is 0 Å². The van der Waals surface area contributed by atoms with Crippen molar-refractivity contribution in [2.24, 2.45) is 5.73 Å². The van der Waals surface area contributed by atoms with Crippen LogP contribution in [0.15, 0.2) is 0 Å². The van der Waals surface area contributed by atoms with E-state index < -0.39 is 0 Å². The quantitative estimate of drug-likeness (QED) is 0.807. The van der Waals surface area contributed by atoms with E-state index in [0.717, 1.165) is 36.5 Å². The monoisotopic (exact) mass is 251 g/mol. The molecular formula is C14H25N3O. The number of aromatic nitrogens is 2. The maximum atomic E-state index is 5.67. The van der Waals surface area contributed by atoms with Crippen molar-refractivity contribution in [2.75, 3.05) is 13.2 Å². The molecule has 0 aromatic carbocycles. The highest BCUT2D eigenvalue weighted by molar-refractivity contribution is 5.27. The van der Waals surface area contributed by atoms with Gasteiger partial charge in [-0.05, 0) is 45.2 Å². The number of hydrogen-bond acceptors (Lipinski definition) is 4. The molecule has 4 nitrogen and oxygen atoms in total. The number of hydrogen-bond donors (Lipinski definition) is 1. The molecule has 0 radical (unpaired) electrons. The summed E-state index contributed by atoms with van der Waals surface area (Å²) in [4.78, 5) is 9.29. The van der Waals surface area contributed by atoms with Crippen LogP contribution in [0.2, 0.25) is 0 Å². The van der Waals surface area contributed by atoms with Crippen LogP contribution >= 0.6 is 0 Å². The van der Waals surface area contributed by atoms with E-state index >= 15 is 0 Å². The Kier molecular flexibility index (Phi) is 6.22. The lowest BCUT2D eigenvalue weighted by atomic mass is 10.0. The SMILES string of the molecule is CCOC(C)c1nc(CC)c(CCN)c(CC)n1. The van der Waals surface area contributed by atoms with Crippen LogP contribution < -0.4 is 5.73 Å². The predicted molar refractivity (Wildman–Crippen MR) is 73.6 cm³/mol. The molecule has 0 saturated heterocycles. The number of aryl methyl sites for hydroxylation is 2. The standard InChI is InChI=1S/C14H25N3O/c1-5-12-11(8-9-15)13(6-2)17-14(16-12)10(4)18-7-3/h10H,5-9,15H2,1-4H3. The van der Waals surface area contributed by atoms with Gasteiger partial charge in [-0.15, -0.1) is 0 Å². The maximum absolute atomic E-state index is 5.67. The van der Waals surface area contributed by atoms with Crippen LogP contribution in [0.3, 0.4) is 0 Å². The number of ether oxygens (including phenoxy) is 1. The Labute approximate surface area is 110 Å². The summed E-state index contributed by atoms with van der Waals surface area (Å²) in [5, 5.41) is 0. The average Bonchev–Trinajstić information content (AvgIpc) is 2.39. The lowest BCUT2D eigenvalue weighted by Crippen LogP contribution is -2.15. The lowest BCUT2D eigenvalue weighted by Gasteiger charge is -2.16. The Morgan fingerprint density at radius 1 is 1.11 bits per heavy atom. The maximum Gasteiger partial charge on any atom is 0.157 e. The molecule has 1 unspecified atom stereocenters. The summed E-state index contributed by atoms with van der Waals surface area (Å²) in [6.07, 6.45) is 2.64. The largest absolute Gasteiger partial charge is 0.371 e. The Balaban J connectivity index is 3.16. The van der Waals surface area contributed by atoms with Gasteiger partial charge in [0.15, 0.2) is 5.82 Å². The summed E-state index contributed by atoms with van der Waals surface area (Å²) in [6.45, 7) is 9.55. The molecule has 1 aromatic heterocycles. The summed E-state index contributed by atoms with van der Waals surface area (Å²) in [6, 6.07) is 0. The Bertz CT molecular complexity index is 354. The highest BCUT2D eigenvalue weighted by atomic mass is 16.5. The summed E-state index contributed by atoms with van der Waals surface area (Å²) >= 11 is 0. The van der Waals surface area contributed by atoms with Crippen LogP contribution in [0.1, 0.15) is 56.6 Å². The predicted octanol–water partition coefficient (Wildman–Crippen LogP) is 2.20. The van der Waals surface area contributed by atoms with Crippen molar-refractivity contribution in [3.63, 3.8) is 0 Å². The highest BCUT2D eigenvalue weighted by Gasteiger charge is 2.15. The normalized spacial score (nSPS) is 12.7. The molecule has 0 amide bonds. The molecule has 2 N–H and O–H groups in total. The molecule has 0 aliphatic rings. The molecule has 0 bridgehead atoms. The fraction of sp³-hybridized carbons (Fsp3) is 0.714. The Hall–Kier alpha value is -1.00. The van der Waals surface area contributed by atoms with Gasteiger partial charge < -0.3 is 10.5 Å². The van der Waals surface area contributed by atoms with Gasteiger partial charge in [0.05, 0.1) is 0 Å². The van der Waals surface area contributed by atoms with E-state index in [4.69, 9.17) is 10.5 Å². The second-order valence-corrected chi connectivity index (χ2v) is 4.30. The van der Waals surface area contributed by atoms with Crippen molar-refractivity contribution in [1.82, 2.24) is 9.97 Å². The molecule has 18 heavy (non-hydrogen) atoms. The van der Waals surface area contributed by atoms with Crippen LogP contribution in [0.25, 0.3) is 0 Å². The molecule has 4 heteroatoms. The smallest absolute Gasteiger partial charge is 0.157 e. The van der Waals surface area contributed by atoms with E-state index in [1.165, 1.54) is 5.56 Å². The van der Waals surface area contributed by atoms with Crippen molar-refractivity contribution in [2.45, 2.75) is 53.1 Å². The van der Waals surface area contributed by atoms with Crippen molar-refractivity contribution in [3.8, 4) is 0 Å². The summed E-state index contributed by atoms with van der Waals surface area (Å²) in [7, 11) is 0. The van der Waals surface area contributed by atoms with Crippen LogP contribution in [0, 0.1) is 0 Å². The molecule has 1 heterocycles. The Morgan fingerprint density at radius 2 is 1.67 bits per heavy atom. The number of nitrogens with zero attached hydrogens (tertiary/aromatic N) is 2. The zero-order chi connectivity index (χ0) is 13.5. The van der Waals surface area contributed by atoms with E-state index in [-0.39, 0.29) is 6.10 Å². The minimum absolute atomic E-state index is 0.0440. The van der Waals surface area contributed by atoms with Crippen molar-refractivity contribution < 1.29 is 4.74 Å². The van der Waals surface area contributed by atoms with Gasteiger partial charge >= 0.3 is 0 Å². The van der Waals surface area contributed by atoms with Gasteiger partial charge in [-0.2, -0.15) is 0 Å². The lowest BCUT2D eigenvalue weighted by molar-refractivity contribution is 0.0697. The van der Waals surface area contributed by atoms with E-state index in [9.17, 15) is 0 Å². The molecule has 1 atom stereocenters. The highest BCUT2D eigenvalue weighted by Crippen LogP contribution is 2.19. The van der Waals surface area contributed by atoms with Crippen molar-refractivity contribution >= 4 is 0 Å². The summed E-state index contributed by atoms with van der Waals surface area (Å²) in [5.41, 5.74) is 9.14. The van der Waals surface area contributed by atoms with E-state index in [2.05, 4.69) is 23.8 Å². The first-order valence-corrected chi connectivity index (χ1v) is 6.88. The second-order valence-electron chi connectivity index (χ2n) is 4.30. The topological polar surface area (TPSA) is 61.0 Å². The first kappa shape index (κ1) is 15.1. The molecule has 102 valence electrons. The van der Waals surface area contributed by atoms with E-state index in [1.807, 2.05) is 13.8 Å². The molecule has 0 aliphatic heterocycles. The van der Waals surface area contributed by atoms with Crippen LogP contribution in [0.5, 0.6) is 0 Å². The molecule has 0 spiro atoms. The zero-order valence-electron chi connectivity index (χ0n) is 12.0. The van der Waals surface area contributed by atoms with Gasteiger partial charge in [0.25, 0.3) is 0 Å². The van der Waals surface area contributed by atoms with Gasteiger partial charge in [0, 0.05) is 18.0 Å². The van der Waals surface area contributed by atoms with Crippen LogP contribution in [-0.4, -0.2) is 23.1 Å². The fourth-order valence-electron chi connectivity index (χ4n) is 2.13. The molecule has 1 aromatic rings. The first-order valence-electron chi connectivity index (χ1n) is 6.88. The fourth-order valence-corrected chi connectivity index (χ4v) is 2.13. The minimum atomic E-state index is -0.0440. The molecule has 0 fully saturated rings. The summed E-state index contributed by atoms with van der Waals surface area (Å²) < 4.78 is 5.58. The first-order chi connectivity index (χ1) is 8.67. The Morgan fingerprint density at radius 3 is 2.06 bits per heavy atom. The van der Waals surface area contributed by atoms with Crippen LogP contribution in [-0.2, 0) is 24.0 Å². The van der Waals surface area contributed by atoms with Gasteiger partial charge in [-0.25, -0.2) is 9.97 Å². The van der Waals surface area contributed by atoms with Gasteiger partial charge in [-0.3, -0.25) is 0 Å². The molecule has 0 saturated carbocycles. The third kappa shape index (κ3) is 3.50. The third-order valence-electron chi connectivity index (χ3n) is 3.04. The zero-order valence-corrected chi connectivity index (χ0v) is 12.0. The summed E-state index contributed by atoms with van der Waals surface area (Å²) in [5.74, 6) is 0.798. The van der Waals surface area contributed by atoms with Gasteiger partial charge in [-0.1, -0.05) is 13.8 Å². The number of rotatable bonds is 7. The van der Waals surface area contributed by atoms with Crippen LogP contribution in [0.4, 0.5) is 0 Å². The van der Waals surface area contributed by atoms with Gasteiger partial charge in [0.1, 0.15) is 6.10 Å². The molecule has 1 rings (SSSR count). The third-order valence-corrected chi connectivity index (χ3v) is 3.04. The van der Waals surface area contributed by atoms with E-state index in [0.29, 0.717) is 13.2 Å².